The van der Waals surface area contributed by atoms with Crippen LogP contribution in [0.4, 0.5) is 0 Å². The second-order valence-electron chi connectivity index (χ2n) is 5.06. The van der Waals surface area contributed by atoms with Gasteiger partial charge in [-0.3, -0.25) is 0 Å². The zero-order chi connectivity index (χ0) is 13.2. The van der Waals surface area contributed by atoms with Crippen molar-refractivity contribution in [3.05, 3.63) is 24.3 Å². The molecular weight excluding hydrogens is 224 g/mol. The van der Waals surface area contributed by atoms with E-state index in [1.165, 1.54) is 19.3 Å². The van der Waals surface area contributed by atoms with Crippen LogP contribution in [0.5, 0.6) is 11.5 Å². The van der Waals surface area contributed by atoms with E-state index in [0.29, 0.717) is 5.92 Å². The largest absolute Gasteiger partial charge is 0.490 e. The molecule has 0 saturated carbocycles. The molecule has 0 aliphatic rings. The van der Waals surface area contributed by atoms with Gasteiger partial charge < -0.3 is 9.47 Å². The monoisotopic (exact) mass is 250 g/mol. The van der Waals surface area contributed by atoms with Crippen molar-refractivity contribution in [2.75, 3.05) is 13.2 Å². The molecular formula is C16H26O2. The van der Waals surface area contributed by atoms with Crippen molar-refractivity contribution in [3.8, 4) is 11.5 Å². The molecule has 0 aliphatic heterocycles. The number of benzene rings is 1. The molecule has 2 heteroatoms. The highest BCUT2D eigenvalue weighted by Gasteiger charge is 2.04. The molecule has 1 aromatic rings. The lowest BCUT2D eigenvalue weighted by Crippen LogP contribution is -2.06. The van der Waals surface area contributed by atoms with Gasteiger partial charge in [-0.05, 0) is 24.5 Å². The van der Waals surface area contributed by atoms with Crippen LogP contribution in [0.15, 0.2) is 24.3 Å². The molecule has 1 aromatic carbocycles. The highest BCUT2D eigenvalue weighted by atomic mass is 16.5. The lowest BCUT2D eigenvalue weighted by Gasteiger charge is -2.13. The van der Waals surface area contributed by atoms with E-state index in [1.54, 1.807) is 0 Å². The van der Waals surface area contributed by atoms with Crippen LogP contribution in [0.1, 0.15) is 46.5 Å². The molecule has 0 spiro atoms. The Balaban J connectivity index is 2.38. The van der Waals surface area contributed by atoms with Crippen molar-refractivity contribution in [2.45, 2.75) is 46.5 Å². The Morgan fingerprint density at radius 2 is 1.61 bits per heavy atom. The minimum absolute atomic E-state index is 0.530. The molecule has 1 rings (SSSR count). The minimum Gasteiger partial charge on any atom is -0.490 e. The Bertz CT molecular complexity index is 321. The first-order chi connectivity index (χ1) is 8.74. The highest BCUT2D eigenvalue weighted by molar-refractivity contribution is 5.39. The normalized spacial score (nSPS) is 10.7. The topological polar surface area (TPSA) is 18.5 Å². The average molecular weight is 250 g/mol. The number of ether oxygens (including phenoxy) is 2. The molecule has 0 N–H and O–H groups in total. The van der Waals surface area contributed by atoms with E-state index in [1.807, 2.05) is 24.3 Å². The van der Waals surface area contributed by atoms with Gasteiger partial charge in [0.15, 0.2) is 11.5 Å². The lowest BCUT2D eigenvalue weighted by atomic mass is 10.2. The zero-order valence-electron chi connectivity index (χ0n) is 11.9. The smallest absolute Gasteiger partial charge is 0.161 e. The maximum atomic E-state index is 5.79. The van der Waals surface area contributed by atoms with Gasteiger partial charge in [-0.2, -0.15) is 0 Å². The van der Waals surface area contributed by atoms with Crippen LogP contribution in [-0.2, 0) is 0 Å². The third kappa shape index (κ3) is 5.95. The van der Waals surface area contributed by atoms with Crippen molar-refractivity contribution in [3.63, 3.8) is 0 Å². The molecule has 0 atom stereocenters. The van der Waals surface area contributed by atoms with E-state index in [4.69, 9.17) is 9.47 Å². The third-order valence-corrected chi connectivity index (χ3v) is 2.68. The Kier molecular flexibility index (Phi) is 7.31. The first-order valence-corrected chi connectivity index (χ1v) is 7.08. The predicted octanol–water partition coefficient (Wildman–Crippen LogP) is 4.68. The first kappa shape index (κ1) is 14.9. The Morgan fingerprint density at radius 3 is 2.22 bits per heavy atom. The molecule has 18 heavy (non-hydrogen) atoms. The van der Waals surface area contributed by atoms with Gasteiger partial charge in [0.1, 0.15) is 0 Å². The third-order valence-electron chi connectivity index (χ3n) is 2.68. The molecule has 0 fully saturated rings. The molecule has 0 heterocycles. The van der Waals surface area contributed by atoms with E-state index in [0.717, 1.165) is 31.1 Å². The van der Waals surface area contributed by atoms with Crippen molar-refractivity contribution >= 4 is 0 Å². The van der Waals surface area contributed by atoms with Crippen LogP contribution >= 0.6 is 0 Å². The number of unbranched alkanes of at least 4 members (excludes halogenated alkanes) is 3. The van der Waals surface area contributed by atoms with Crippen molar-refractivity contribution in [1.29, 1.82) is 0 Å². The van der Waals surface area contributed by atoms with Gasteiger partial charge in [0, 0.05) is 0 Å². The number of para-hydroxylation sites is 2. The maximum absolute atomic E-state index is 5.79. The molecule has 0 aliphatic carbocycles. The molecule has 0 bridgehead atoms. The SMILES string of the molecule is CCCCCCOc1ccccc1OCC(C)C. The molecule has 0 saturated heterocycles. The van der Waals surface area contributed by atoms with Gasteiger partial charge in [0.05, 0.1) is 13.2 Å². The summed E-state index contributed by atoms with van der Waals surface area (Å²) >= 11 is 0. The predicted molar refractivity (Wildman–Crippen MR) is 76.4 cm³/mol. The Labute approximate surface area is 111 Å². The quantitative estimate of drug-likeness (QED) is 0.592. The summed E-state index contributed by atoms with van der Waals surface area (Å²) in [6.07, 6.45) is 4.90. The summed E-state index contributed by atoms with van der Waals surface area (Å²) in [5, 5.41) is 0. The molecule has 2 nitrogen and oxygen atoms in total. The summed E-state index contributed by atoms with van der Waals surface area (Å²) in [6.45, 7) is 8.02. The fraction of sp³-hybridized carbons (Fsp3) is 0.625. The summed E-state index contributed by atoms with van der Waals surface area (Å²) in [6, 6.07) is 7.93. The molecule has 0 radical (unpaired) electrons. The fourth-order valence-corrected chi connectivity index (χ4v) is 1.66. The molecule has 0 unspecified atom stereocenters. The summed E-state index contributed by atoms with van der Waals surface area (Å²) in [4.78, 5) is 0. The van der Waals surface area contributed by atoms with Crippen LogP contribution in [-0.4, -0.2) is 13.2 Å². The van der Waals surface area contributed by atoms with Crippen LogP contribution in [0, 0.1) is 5.92 Å². The summed E-state index contributed by atoms with van der Waals surface area (Å²) in [5.41, 5.74) is 0. The fourth-order valence-electron chi connectivity index (χ4n) is 1.66. The van der Waals surface area contributed by atoms with Crippen LogP contribution in [0.25, 0.3) is 0 Å². The van der Waals surface area contributed by atoms with Crippen LogP contribution in [0.2, 0.25) is 0 Å². The molecule has 102 valence electrons. The van der Waals surface area contributed by atoms with Crippen molar-refractivity contribution in [1.82, 2.24) is 0 Å². The van der Waals surface area contributed by atoms with E-state index in [-0.39, 0.29) is 0 Å². The summed E-state index contributed by atoms with van der Waals surface area (Å²) < 4.78 is 11.5. The standard InChI is InChI=1S/C16H26O2/c1-4-5-6-9-12-17-15-10-7-8-11-16(15)18-13-14(2)3/h7-8,10-11,14H,4-6,9,12-13H2,1-3H3. The Morgan fingerprint density at radius 1 is 0.944 bits per heavy atom. The molecule has 0 aromatic heterocycles. The van der Waals surface area contributed by atoms with Gasteiger partial charge >= 0.3 is 0 Å². The lowest BCUT2D eigenvalue weighted by molar-refractivity contribution is 0.241. The summed E-state index contributed by atoms with van der Waals surface area (Å²) in [7, 11) is 0. The Hall–Kier alpha value is -1.18. The highest BCUT2D eigenvalue weighted by Crippen LogP contribution is 2.27. The van der Waals surface area contributed by atoms with Gasteiger partial charge in [-0.15, -0.1) is 0 Å². The molecule has 0 amide bonds. The van der Waals surface area contributed by atoms with E-state index < -0.39 is 0 Å². The van der Waals surface area contributed by atoms with Gasteiger partial charge in [0.2, 0.25) is 0 Å². The van der Waals surface area contributed by atoms with Crippen molar-refractivity contribution in [2.24, 2.45) is 5.92 Å². The van der Waals surface area contributed by atoms with Gasteiger partial charge in [-0.25, -0.2) is 0 Å². The average Bonchev–Trinajstić information content (AvgIpc) is 2.37. The van der Waals surface area contributed by atoms with Crippen LogP contribution < -0.4 is 9.47 Å². The summed E-state index contributed by atoms with van der Waals surface area (Å²) in [5.74, 6) is 2.26. The number of hydrogen-bond donors (Lipinski definition) is 0. The van der Waals surface area contributed by atoms with E-state index in [9.17, 15) is 0 Å². The number of rotatable bonds is 9. The van der Waals surface area contributed by atoms with E-state index in [2.05, 4.69) is 20.8 Å². The van der Waals surface area contributed by atoms with Gasteiger partial charge in [0.25, 0.3) is 0 Å². The second-order valence-corrected chi connectivity index (χ2v) is 5.06. The zero-order valence-corrected chi connectivity index (χ0v) is 11.9. The maximum Gasteiger partial charge on any atom is 0.161 e. The van der Waals surface area contributed by atoms with Crippen LogP contribution in [0.3, 0.4) is 0 Å². The van der Waals surface area contributed by atoms with Gasteiger partial charge in [-0.1, -0.05) is 52.2 Å². The number of hydrogen-bond acceptors (Lipinski definition) is 2. The van der Waals surface area contributed by atoms with E-state index >= 15 is 0 Å². The second kappa shape index (κ2) is 8.84. The van der Waals surface area contributed by atoms with Crippen molar-refractivity contribution < 1.29 is 9.47 Å². The minimum atomic E-state index is 0.530. The first-order valence-electron chi connectivity index (χ1n) is 7.08.